The van der Waals surface area contributed by atoms with E-state index in [1.807, 2.05) is 0 Å². The fourth-order valence-electron chi connectivity index (χ4n) is 7.27. The summed E-state index contributed by atoms with van der Waals surface area (Å²) in [6.07, 6.45) is 59.5. The van der Waals surface area contributed by atoms with E-state index in [2.05, 4.69) is 69.4 Å². The second-order valence-corrected chi connectivity index (χ2v) is 17.4. The van der Waals surface area contributed by atoms with E-state index in [9.17, 15) is 14.4 Å². The molecule has 6 heteroatoms. The van der Waals surface area contributed by atoms with E-state index in [1.165, 1.54) is 135 Å². The van der Waals surface area contributed by atoms with E-state index in [-0.39, 0.29) is 31.1 Å². The lowest BCUT2D eigenvalue weighted by Crippen LogP contribution is -2.30. The lowest BCUT2D eigenvalue weighted by molar-refractivity contribution is -0.167. The van der Waals surface area contributed by atoms with Crippen LogP contribution in [0.3, 0.4) is 0 Å². The number of carbonyl (C=O) groups excluding carboxylic acids is 3. The first-order valence-electron chi connectivity index (χ1n) is 26.1. The Balaban J connectivity index is 4.38. The molecule has 0 aromatic rings. The maximum Gasteiger partial charge on any atom is 0.306 e. The molecule has 0 amide bonds. The van der Waals surface area contributed by atoms with Crippen LogP contribution in [0.5, 0.6) is 0 Å². The summed E-state index contributed by atoms with van der Waals surface area (Å²) in [5.41, 5.74) is 0. The van der Waals surface area contributed by atoms with E-state index in [4.69, 9.17) is 14.2 Å². The minimum Gasteiger partial charge on any atom is -0.462 e. The second-order valence-electron chi connectivity index (χ2n) is 17.4. The van der Waals surface area contributed by atoms with Gasteiger partial charge in [-0.25, -0.2) is 0 Å². The van der Waals surface area contributed by atoms with Gasteiger partial charge in [-0.05, 0) is 96.3 Å². The number of carbonyl (C=O) groups is 3. The van der Waals surface area contributed by atoms with Crippen LogP contribution >= 0.6 is 0 Å². The Hall–Kier alpha value is -2.63. The molecule has 354 valence electrons. The summed E-state index contributed by atoms with van der Waals surface area (Å²) >= 11 is 0. The van der Waals surface area contributed by atoms with Gasteiger partial charge in [0, 0.05) is 19.3 Å². The van der Waals surface area contributed by atoms with E-state index in [0.717, 1.165) is 89.9 Å². The molecule has 0 saturated carbocycles. The molecule has 0 aliphatic heterocycles. The maximum absolute atomic E-state index is 12.8. The van der Waals surface area contributed by atoms with Crippen LogP contribution in [0.15, 0.2) is 48.6 Å². The van der Waals surface area contributed by atoms with Gasteiger partial charge in [0.1, 0.15) is 13.2 Å². The topological polar surface area (TPSA) is 78.9 Å². The van der Waals surface area contributed by atoms with Gasteiger partial charge in [-0.15, -0.1) is 0 Å². The molecule has 0 rings (SSSR count). The highest BCUT2D eigenvalue weighted by molar-refractivity contribution is 5.71. The SMILES string of the molecule is CCCC/C=C\CCCCCCCC(=O)OCC(COC(=O)CCCCCCCCC/C=C\CCCCCCCC)OC(=O)CCCCCCC/C=C\C/C=C\CCCCC. The van der Waals surface area contributed by atoms with Crippen molar-refractivity contribution < 1.29 is 28.6 Å². The largest absolute Gasteiger partial charge is 0.462 e. The summed E-state index contributed by atoms with van der Waals surface area (Å²) in [5, 5.41) is 0. The average molecular weight is 855 g/mol. The van der Waals surface area contributed by atoms with Gasteiger partial charge in [0.2, 0.25) is 0 Å². The molecule has 0 N–H and O–H groups in total. The Morgan fingerprint density at radius 3 is 1.00 bits per heavy atom. The molecule has 0 aliphatic carbocycles. The van der Waals surface area contributed by atoms with Crippen molar-refractivity contribution in [3.63, 3.8) is 0 Å². The predicted octanol–water partition coefficient (Wildman–Crippen LogP) is 17.1. The Bertz CT molecular complexity index is 1070. The van der Waals surface area contributed by atoms with Gasteiger partial charge >= 0.3 is 17.9 Å². The molecule has 0 heterocycles. The highest BCUT2D eigenvalue weighted by atomic mass is 16.6. The summed E-state index contributed by atoms with van der Waals surface area (Å²) in [7, 11) is 0. The van der Waals surface area contributed by atoms with Gasteiger partial charge in [-0.1, -0.05) is 198 Å². The number of allylic oxidation sites excluding steroid dienone is 8. The smallest absolute Gasteiger partial charge is 0.306 e. The molecule has 0 aliphatic rings. The molecule has 1 atom stereocenters. The highest BCUT2D eigenvalue weighted by Gasteiger charge is 2.19. The number of hydrogen-bond acceptors (Lipinski definition) is 6. The third-order valence-electron chi connectivity index (χ3n) is 11.3. The summed E-state index contributed by atoms with van der Waals surface area (Å²) in [6, 6.07) is 0. The number of ether oxygens (including phenoxy) is 3. The Morgan fingerprint density at radius 1 is 0.328 bits per heavy atom. The molecule has 0 fully saturated rings. The quantitative estimate of drug-likeness (QED) is 0.0263. The number of unbranched alkanes of at least 4 members (excludes halogenated alkanes) is 28. The van der Waals surface area contributed by atoms with Crippen molar-refractivity contribution in [2.45, 2.75) is 271 Å². The maximum atomic E-state index is 12.8. The molecule has 0 aromatic carbocycles. The van der Waals surface area contributed by atoms with Crippen LogP contribution in [0.1, 0.15) is 265 Å². The first-order chi connectivity index (χ1) is 30.0. The van der Waals surface area contributed by atoms with Crippen LogP contribution in [0, 0.1) is 0 Å². The third-order valence-corrected chi connectivity index (χ3v) is 11.3. The molecule has 0 bridgehead atoms. The first-order valence-corrected chi connectivity index (χ1v) is 26.1. The van der Waals surface area contributed by atoms with Gasteiger partial charge in [-0.3, -0.25) is 14.4 Å². The van der Waals surface area contributed by atoms with Crippen LogP contribution in [-0.4, -0.2) is 37.2 Å². The summed E-state index contributed by atoms with van der Waals surface area (Å²) in [4.78, 5) is 37.9. The van der Waals surface area contributed by atoms with Crippen molar-refractivity contribution in [3.05, 3.63) is 48.6 Å². The van der Waals surface area contributed by atoms with Crippen LogP contribution in [0.25, 0.3) is 0 Å². The molecule has 0 spiro atoms. The summed E-state index contributed by atoms with van der Waals surface area (Å²) < 4.78 is 16.8. The predicted molar refractivity (Wildman–Crippen MR) is 261 cm³/mol. The van der Waals surface area contributed by atoms with Crippen LogP contribution in [0.2, 0.25) is 0 Å². The fourth-order valence-corrected chi connectivity index (χ4v) is 7.27. The Kier molecular flexibility index (Phi) is 47.9. The van der Waals surface area contributed by atoms with Crippen LogP contribution in [-0.2, 0) is 28.6 Å². The molecular weight excluding hydrogens is 757 g/mol. The standard InChI is InChI=1S/C55H98O6/c1-4-7-10-13-16-19-22-24-26-27-29-30-33-36-39-42-45-48-54(57)60-51-52(50-59-53(56)47-44-41-38-35-32-21-18-15-12-9-6-3)61-55(58)49-46-43-40-37-34-31-28-25-23-20-17-14-11-8-5-2/h15,17-18,20,24-26,28,52H,4-14,16,19,21-23,27,29-51H2,1-3H3/b18-15-,20-17-,26-24-,28-25-. The lowest BCUT2D eigenvalue weighted by Gasteiger charge is -2.18. The van der Waals surface area contributed by atoms with E-state index >= 15 is 0 Å². The van der Waals surface area contributed by atoms with Gasteiger partial charge in [0.25, 0.3) is 0 Å². The molecule has 0 aromatic heterocycles. The monoisotopic (exact) mass is 855 g/mol. The van der Waals surface area contributed by atoms with E-state index in [0.29, 0.717) is 19.3 Å². The normalized spacial score (nSPS) is 12.4. The van der Waals surface area contributed by atoms with E-state index in [1.54, 1.807) is 0 Å². The zero-order chi connectivity index (χ0) is 44.4. The van der Waals surface area contributed by atoms with Crippen molar-refractivity contribution in [3.8, 4) is 0 Å². The summed E-state index contributed by atoms with van der Waals surface area (Å²) in [6.45, 7) is 6.56. The third kappa shape index (κ3) is 48.3. The summed E-state index contributed by atoms with van der Waals surface area (Å²) in [5.74, 6) is -0.905. The zero-order valence-corrected chi connectivity index (χ0v) is 40.4. The highest BCUT2D eigenvalue weighted by Crippen LogP contribution is 2.14. The molecule has 61 heavy (non-hydrogen) atoms. The average Bonchev–Trinajstić information content (AvgIpc) is 3.26. The fraction of sp³-hybridized carbons (Fsp3) is 0.800. The van der Waals surface area contributed by atoms with Crippen LogP contribution < -0.4 is 0 Å². The molecule has 6 nitrogen and oxygen atoms in total. The Morgan fingerprint density at radius 2 is 0.607 bits per heavy atom. The van der Waals surface area contributed by atoms with Gasteiger partial charge in [-0.2, -0.15) is 0 Å². The van der Waals surface area contributed by atoms with Crippen molar-refractivity contribution in [1.29, 1.82) is 0 Å². The minimum absolute atomic E-state index is 0.0830. The van der Waals surface area contributed by atoms with Crippen molar-refractivity contribution >= 4 is 17.9 Å². The lowest BCUT2D eigenvalue weighted by atomic mass is 10.1. The van der Waals surface area contributed by atoms with Crippen molar-refractivity contribution in [2.24, 2.45) is 0 Å². The second kappa shape index (κ2) is 50.0. The number of hydrogen-bond donors (Lipinski definition) is 0. The van der Waals surface area contributed by atoms with Crippen LogP contribution in [0.4, 0.5) is 0 Å². The van der Waals surface area contributed by atoms with Gasteiger partial charge < -0.3 is 14.2 Å². The van der Waals surface area contributed by atoms with Gasteiger partial charge in [0.05, 0.1) is 0 Å². The van der Waals surface area contributed by atoms with Gasteiger partial charge in [0.15, 0.2) is 6.10 Å². The zero-order valence-electron chi connectivity index (χ0n) is 40.4. The first kappa shape index (κ1) is 58.4. The molecule has 1 unspecified atom stereocenters. The van der Waals surface area contributed by atoms with Crippen molar-refractivity contribution in [1.82, 2.24) is 0 Å². The molecule has 0 radical (unpaired) electrons. The van der Waals surface area contributed by atoms with E-state index < -0.39 is 6.10 Å². The number of esters is 3. The molecular formula is C55H98O6. The minimum atomic E-state index is -0.783. The molecule has 0 saturated heterocycles. The van der Waals surface area contributed by atoms with Crippen molar-refractivity contribution in [2.75, 3.05) is 13.2 Å². The Labute approximate surface area is 378 Å². The number of rotatable bonds is 47.